The van der Waals surface area contributed by atoms with Gasteiger partial charge in [-0.15, -0.1) is 11.3 Å². The van der Waals surface area contributed by atoms with Gasteiger partial charge < -0.3 is 9.84 Å². The van der Waals surface area contributed by atoms with Gasteiger partial charge in [0.15, 0.2) is 16.3 Å². The molecule has 0 atom stereocenters. The van der Waals surface area contributed by atoms with Gasteiger partial charge in [-0.05, 0) is 36.8 Å². The molecule has 24 heavy (non-hydrogen) atoms. The molecule has 0 aliphatic rings. The molecule has 3 aromatic rings. The maximum Gasteiger partial charge on any atom is 0.435 e. The second kappa shape index (κ2) is 5.52. The fraction of sp³-hybridized carbons (Fsp3) is 0.200. The average Bonchev–Trinajstić information content (AvgIpc) is 3.01. The smallest absolute Gasteiger partial charge is 0.435 e. The highest BCUT2D eigenvalue weighted by atomic mass is 32.1. The number of hydrogen-bond donors (Lipinski definition) is 1. The van der Waals surface area contributed by atoms with Crippen LogP contribution in [0.15, 0.2) is 24.3 Å². The third kappa shape index (κ3) is 2.50. The van der Waals surface area contributed by atoms with Gasteiger partial charge in [0.1, 0.15) is 5.75 Å². The van der Waals surface area contributed by atoms with E-state index in [1.807, 2.05) is 0 Å². The minimum atomic E-state index is -4.84. The number of ether oxygens (including phenoxy) is 1. The molecule has 2 heterocycles. The van der Waals surface area contributed by atoms with Crippen molar-refractivity contribution in [3.8, 4) is 17.0 Å². The van der Waals surface area contributed by atoms with Crippen LogP contribution in [-0.4, -0.2) is 27.6 Å². The second-order valence-electron chi connectivity index (χ2n) is 4.97. The number of carboxylic acids is 1. The Morgan fingerprint density at radius 1 is 1.29 bits per heavy atom. The third-order valence-corrected chi connectivity index (χ3v) is 4.44. The molecule has 3 rings (SSSR count). The van der Waals surface area contributed by atoms with Gasteiger partial charge in [-0.25, -0.2) is 9.78 Å². The summed E-state index contributed by atoms with van der Waals surface area (Å²) >= 11 is 1.01. The van der Waals surface area contributed by atoms with Crippen molar-refractivity contribution in [2.24, 2.45) is 0 Å². The molecule has 2 aromatic heterocycles. The van der Waals surface area contributed by atoms with Crippen LogP contribution in [0.25, 0.3) is 16.2 Å². The summed E-state index contributed by atoms with van der Waals surface area (Å²) in [5.74, 6) is -1.09. The molecule has 0 aliphatic carbocycles. The van der Waals surface area contributed by atoms with Crippen molar-refractivity contribution in [3.63, 3.8) is 0 Å². The molecule has 0 radical (unpaired) electrons. The van der Waals surface area contributed by atoms with E-state index in [2.05, 4.69) is 4.98 Å². The lowest BCUT2D eigenvalue weighted by Crippen LogP contribution is -2.14. The van der Waals surface area contributed by atoms with Gasteiger partial charge in [0.2, 0.25) is 0 Å². The minimum absolute atomic E-state index is 0.0111. The molecule has 0 amide bonds. The van der Waals surface area contributed by atoms with Crippen LogP contribution in [0.2, 0.25) is 0 Å². The normalized spacial score (nSPS) is 11.9. The molecule has 5 nitrogen and oxygen atoms in total. The van der Waals surface area contributed by atoms with Gasteiger partial charge in [-0.2, -0.15) is 13.2 Å². The first-order chi connectivity index (χ1) is 11.2. The van der Waals surface area contributed by atoms with Crippen molar-refractivity contribution in [2.75, 3.05) is 7.11 Å². The molecule has 9 heteroatoms. The molecule has 0 fully saturated rings. The highest BCUT2D eigenvalue weighted by molar-refractivity contribution is 7.17. The van der Waals surface area contributed by atoms with E-state index < -0.39 is 23.5 Å². The fourth-order valence-corrected chi connectivity index (χ4v) is 3.49. The number of aryl methyl sites for hydroxylation is 1. The van der Waals surface area contributed by atoms with E-state index >= 15 is 0 Å². The number of alkyl halides is 3. The predicted octanol–water partition coefficient (Wildman–Crippen LogP) is 4.10. The number of thiazole rings is 1. The second-order valence-corrected chi connectivity index (χ2v) is 6.15. The summed E-state index contributed by atoms with van der Waals surface area (Å²) in [7, 11) is 1.50. The van der Waals surface area contributed by atoms with Gasteiger partial charge in [-0.3, -0.25) is 4.40 Å². The van der Waals surface area contributed by atoms with Crippen LogP contribution >= 0.6 is 11.3 Å². The topological polar surface area (TPSA) is 63.8 Å². The number of aromatic carboxylic acids is 1. The van der Waals surface area contributed by atoms with E-state index in [1.54, 1.807) is 31.2 Å². The van der Waals surface area contributed by atoms with Crippen molar-refractivity contribution in [1.29, 1.82) is 0 Å². The number of imidazole rings is 1. The number of carboxylic acid groups (broad SMARTS) is 1. The molecular formula is C15H11F3N2O3S. The minimum Gasteiger partial charge on any atom is -0.497 e. The van der Waals surface area contributed by atoms with Gasteiger partial charge in [0.05, 0.1) is 12.8 Å². The lowest BCUT2D eigenvalue weighted by atomic mass is 10.1. The van der Waals surface area contributed by atoms with Crippen LogP contribution in [0, 0.1) is 6.92 Å². The molecule has 126 valence electrons. The monoisotopic (exact) mass is 356 g/mol. The van der Waals surface area contributed by atoms with Crippen molar-refractivity contribution in [3.05, 3.63) is 40.5 Å². The Hall–Kier alpha value is -2.55. The Bertz CT molecular complexity index is 926. The maximum atomic E-state index is 13.1. The zero-order valence-electron chi connectivity index (χ0n) is 12.5. The molecule has 0 aliphatic heterocycles. The summed E-state index contributed by atoms with van der Waals surface area (Å²) in [5, 5.41) is 9.30. The fourth-order valence-electron chi connectivity index (χ4n) is 2.49. The standard InChI is InChI=1S/C15H11F3N2O3S/c1-7-10(8-3-5-9(23-2)6-4-8)20-11(13(21)22)12(15(16,17)18)19-14(20)24-7/h3-6H,1-2H3,(H,21,22). The van der Waals surface area contributed by atoms with Crippen molar-refractivity contribution < 1.29 is 27.8 Å². The highest BCUT2D eigenvalue weighted by Gasteiger charge is 2.41. The summed E-state index contributed by atoms with van der Waals surface area (Å²) in [6.07, 6.45) is -4.84. The first-order valence-electron chi connectivity index (χ1n) is 6.70. The molecular weight excluding hydrogens is 345 g/mol. The Morgan fingerprint density at radius 2 is 1.92 bits per heavy atom. The largest absolute Gasteiger partial charge is 0.497 e. The molecule has 0 spiro atoms. The summed E-state index contributed by atoms with van der Waals surface area (Å²) in [6, 6.07) is 6.62. The number of aromatic nitrogens is 2. The van der Waals surface area contributed by atoms with Crippen molar-refractivity contribution >= 4 is 22.3 Å². The van der Waals surface area contributed by atoms with Crippen LogP contribution in [0.1, 0.15) is 21.1 Å². The number of halogens is 3. The summed E-state index contributed by atoms with van der Waals surface area (Å²) in [5.41, 5.74) is -1.32. The van der Waals surface area contributed by atoms with Crippen LogP contribution in [-0.2, 0) is 6.18 Å². The van der Waals surface area contributed by atoms with Crippen molar-refractivity contribution in [1.82, 2.24) is 9.38 Å². The molecule has 0 saturated carbocycles. The van der Waals surface area contributed by atoms with Gasteiger partial charge in [0, 0.05) is 4.88 Å². The van der Waals surface area contributed by atoms with Crippen LogP contribution in [0.4, 0.5) is 13.2 Å². The number of methoxy groups -OCH3 is 1. The SMILES string of the molecule is COc1ccc(-c2c(C)sc3nc(C(F)(F)F)c(C(=O)O)n23)cc1. The average molecular weight is 356 g/mol. The van der Waals surface area contributed by atoms with E-state index in [0.29, 0.717) is 21.9 Å². The molecule has 1 N–H and O–H groups in total. The van der Waals surface area contributed by atoms with E-state index in [1.165, 1.54) is 7.11 Å². The first-order valence-corrected chi connectivity index (χ1v) is 7.52. The molecule has 0 unspecified atom stereocenters. The number of carbonyl (C=O) groups is 1. The van der Waals surface area contributed by atoms with Gasteiger partial charge in [0.25, 0.3) is 0 Å². The van der Waals surface area contributed by atoms with Crippen LogP contribution < -0.4 is 4.74 Å². The highest BCUT2D eigenvalue weighted by Crippen LogP contribution is 2.38. The zero-order chi connectivity index (χ0) is 17.6. The van der Waals surface area contributed by atoms with Gasteiger partial charge >= 0.3 is 12.1 Å². The third-order valence-electron chi connectivity index (χ3n) is 3.48. The maximum absolute atomic E-state index is 13.1. The van der Waals surface area contributed by atoms with E-state index in [-0.39, 0.29) is 4.96 Å². The predicted molar refractivity (Wildman–Crippen MR) is 81.8 cm³/mol. The van der Waals surface area contributed by atoms with E-state index in [4.69, 9.17) is 4.74 Å². The number of rotatable bonds is 3. The molecule has 0 saturated heterocycles. The number of nitrogens with zero attached hydrogens (tertiary/aromatic N) is 2. The van der Waals surface area contributed by atoms with E-state index in [9.17, 15) is 23.1 Å². The zero-order valence-corrected chi connectivity index (χ0v) is 13.3. The Balaban J connectivity index is 2.33. The van der Waals surface area contributed by atoms with Crippen LogP contribution in [0.5, 0.6) is 5.75 Å². The molecule has 0 bridgehead atoms. The number of benzene rings is 1. The lowest BCUT2D eigenvalue weighted by molar-refractivity contribution is -0.141. The summed E-state index contributed by atoms with van der Waals surface area (Å²) in [4.78, 5) is 15.6. The summed E-state index contributed by atoms with van der Waals surface area (Å²) in [6.45, 7) is 1.71. The first kappa shape index (κ1) is 16.3. The van der Waals surface area contributed by atoms with Gasteiger partial charge in [-0.1, -0.05) is 0 Å². The van der Waals surface area contributed by atoms with Crippen LogP contribution in [0.3, 0.4) is 0 Å². The Morgan fingerprint density at radius 3 is 2.42 bits per heavy atom. The number of hydrogen-bond acceptors (Lipinski definition) is 4. The lowest BCUT2D eigenvalue weighted by Gasteiger charge is -2.08. The molecule has 1 aromatic carbocycles. The Kier molecular flexibility index (Phi) is 3.75. The van der Waals surface area contributed by atoms with Crippen molar-refractivity contribution in [2.45, 2.75) is 13.1 Å². The Labute approximate surface area is 137 Å². The van der Waals surface area contributed by atoms with E-state index in [0.717, 1.165) is 15.7 Å². The summed E-state index contributed by atoms with van der Waals surface area (Å²) < 4.78 is 45.4. The quantitative estimate of drug-likeness (QED) is 0.767. The number of fused-ring (bicyclic) bond motifs is 1.